The van der Waals surface area contributed by atoms with Crippen molar-refractivity contribution >= 4 is 27.3 Å². The molecule has 1 heterocycles. The van der Waals surface area contributed by atoms with E-state index in [1.807, 2.05) is 0 Å². The second-order valence-electron chi connectivity index (χ2n) is 5.84. The first-order valence-electron chi connectivity index (χ1n) is 6.35. The summed E-state index contributed by atoms with van der Waals surface area (Å²) in [6, 6.07) is 6.76. The van der Waals surface area contributed by atoms with Crippen LogP contribution < -0.4 is 5.32 Å². The van der Waals surface area contributed by atoms with E-state index in [4.69, 9.17) is 0 Å². The minimum absolute atomic E-state index is 0.0773. The summed E-state index contributed by atoms with van der Waals surface area (Å²) in [7, 11) is 0. The first-order valence-corrected chi connectivity index (χ1v) is 7.96. The Labute approximate surface area is 122 Å². The van der Waals surface area contributed by atoms with E-state index >= 15 is 0 Å². The number of nitrogens with zero attached hydrogens (tertiary/aromatic N) is 1. The largest absolute Gasteiger partial charge is 0.314 e. The van der Waals surface area contributed by atoms with E-state index in [-0.39, 0.29) is 10.8 Å². The molecule has 1 fully saturated rings. The maximum atomic E-state index is 9.19. The molecule has 4 heteroatoms. The second-order valence-corrected chi connectivity index (χ2v) is 8.30. The summed E-state index contributed by atoms with van der Waals surface area (Å²) in [6.45, 7) is 6.25. The van der Waals surface area contributed by atoms with E-state index in [9.17, 15) is 5.26 Å². The first-order chi connectivity index (χ1) is 8.47. The minimum Gasteiger partial charge on any atom is -0.314 e. The second kappa shape index (κ2) is 5.32. The molecule has 2 rings (SSSR count). The summed E-state index contributed by atoms with van der Waals surface area (Å²) in [6.07, 6.45) is 3.32. The van der Waals surface area contributed by atoms with Crippen LogP contribution in [0.15, 0.2) is 15.9 Å². The average molecular weight is 327 g/mol. The molecule has 1 saturated carbocycles. The predicted octanol–water partition coefficient (Wildman–Crippen LogP) is 4.07. The van der Waals surface area contributed by atoms with Crippen LogP contribution in [0.5, 0.6) is 0 Å². The monoisotopic (exact) mass is 326 g/mol. The van der Waals surface area contributed by atoms with Crippen molar-refractivity contribution < 1.29 is 0 Å². The van der Waals surface area contributed by atoms with Crippen molar-refractivity contribution in [3.05, 3.63) is 20.8 Å². The molecule has 98 valence electrons. The van der Waals surface area contributed by atoms with Crippen LogP contribution in [-0.2, 0) is 5.41 Å². The van der Waals surface area contributed by atoms with E-state index in [0.717, 1.165) is 25.9 Å². The average Bonchev–Trinajstić information content (AvgIpc) is 2.70. The lowest BCUT2D eigenvalue weighted by molar-refractivity contribution is 0.203. The Morgan fingerprint density at radius 3 is 2.67 bits per heavy atom. The summed E-state index contributed by atoms with van der Waals surface area (Å²) < 4.78 is 1.18. The molecule has 0 spiro atoms. The number of rotatable bonds is 5. The van der Waals surface area contributed by atoms with E-state index in [1.54, 1.807) is 11.3 Å². The van der Waals surface area contributed by atoms with Gasteiger partial charge in [-0.15, -0.1) is 11.3 Å². The lowest BCUT2D eigenvalue weighted by Crippen LogP contribution is -2.42. The smallest absolute Gasteiger partial charge is 0.0703 e. The Morgan fingerprint density at radius 1 is 1.50 bits per heavy atom. The third-order valence-corrected chi connectivity index (χ3v) is 5.81. The minimum atomic E-state index is -0.0773. The fourth-order valence-corrected chi connectivity index (χ4v) is 3.80. The van der Waals surface area contributed by atoms with Gasteiger partial charge in [0, 0.05) is 23.4 Å². The molecule has 0 saturated heterocycles. The molecule has 0 aliphatic heterocycles. The van der Waals surface area contributed by atoms with Crippen molar-refractivity contribution in [3.8, 4) is 6.07 Å². The van der Waals surface area contributed by atoms with E-state index in [0.29, 0.717) is 0 Å². The third-order valence-electron chi connectivity index (χ3n) is 3.82. The van der Waals surface area contributed by atoms with Crippen LogP contribution in [0.3, 0.4) is 0 Å². The molecule has 0 radical (unpaired) electrons. The van der Waals surface area contributed by atoms with Gasteiger partial charge in [-0.05, 0) is 40.9 Å². The maximum absolute atomic E-state index is 9.19. The van der Waals surface area contributed by atoms with Crippen LogP contribution in [0, 0.1) is 16.7 Å². The molecular formula is C14H19BrN2S. The molecule has 18 heavy (non-hydrogen) atoms. The molecule has 0 amide bonds. The molecule has 0 unspecified atom stereocenters. The third kappa shape index (κ3) is 2.96. The van der Waals surface area contributed by atoms with Crippen LogP contribution in [0.25, 0.3) is 0 Å². The van der Waals surface area contributed by atoms with Gasteiger partial charge in [0.1, 0.15) is 0 Å². The molecule has 1 aromatic rings. The van der Waals surface area contributed by atoms with E-state index in [2.05, 4.69) is 53.3 Å². The number of nitrogens with one attached hydrogen (secondary N) is 1. The molecule has 1 aromatic heterocycles. The van der Waals surface area contributed by atoms with Crippen LogP contribution in [0.2, 0.25) is 0 Å². The summed E-state index contributed by atoms with van der Waals surface area (Å²) in [4.78, 5) is 1.38. The fourth-order valence-electron chi connectivity index (χ4n) is 2.31. The van der Waals surface area contributed by atoms with Crippen molar-refractivity contribution in [1.82, 2.24) is 5.32 Å². The van der Waals surface area contributed by atoms with Crippen molar-refractivity contribution in [2.24, 2.45) is 5.41 Å². The van der Waals surface area contributed by atoms with Gasteiger partial charge in [0.2, 0.25) is 0 Å². The van der Waals surface area contributed by atoms with Crippen LogP contribution in [0.1, 0.15) is 38.0 Å². The van der Waals surface area contributed by atoms with Crippen LogP contribution in [-0.4, -0.2) is 13.1 Å². The fraction of sp³-hybridized carbons (Fsp3) is 0.643. The number of hydrogen-bond donors (Lipinski definition) is 1. The summed E-state index contributed by atoms with van der Waals surface area (Å²) in [5.41, 5.74) is 0.0448. The molecular weight excluding hydrogens is 308 g/mol. The van der Waals surface area contributed by atoms with Crippen molar-refractivity contribution in [3.63, 3.8) is 0 Å². The number of hydrogen-bond acceptors (Lipinski definition) is 3. The molecule has 0 aromatic carbocycles. The highest BCUT2D eigenvalue weighted by molar-refractivity contribution is 9.11. The van der Waals surface area contributed by atoms with Crippen molar-refractivity contribution in [2.45, 2.75) is 38.5 Å². The molecule has 0 atom stereocenters. The van der Waals surface area contributed by atoms with Gasteiger partial charge in [0.05, 0.1) is 15.3 Å². The lowest BCUT2D eigenvalue weighted by atomic mass is 9.70. The Kier molecular flexibility index (Phi) is 4.15. The van der Waals surface area contributed by atoms with E-state index < -0.39 is 0 Å². The number of thiophene rings is 1. The lowest BCUT2D eigenvalue weighted by Gasteiger charge is -2.36. The van der Waals surface area contributed by atoms with Gasteiger partial charge in [-0.3, -0.25) is 0 Å². The molecule has 1 aliphatic carbocycles. The van der Waals surface area contributed by atoms with Gasteiger partial charge in [-0.1, -0.05) is 20.3 Å². The Hall–Kier alpha value is -0.370. The molecule has 0 bridgehead atoms. The normalized spacial score (nSPS) is 18.1. The highest BCUT2D eigenvalue weighted by Gasteiger charge is 2.37. The first kappa shape index (κ1) is 14.0. The van der Waals surface area contributed by atoms with Gasteiger partial charge in [-0.25, -0.2) is 0 Å². The maximum Gasteiger partial charge on any atom is 0.0703 e. The number of halogens is 1. The molecule has 2 nitrogen and oxygen atoms in total. The zero-order valence-corrected chi connectivity index (χ0v) is 13.3. The van der Waals surface area contributed by atoms with Crippen LogP contribution in [0.4, 0.5) is 0 Å². The van der Waals surface area contributed by atoms with Gasteiger partial charge >= 0.3 is 0 Å². The van der Waals surface area contributed by atoms with Crippen molar-refractivity contribution in [1.29, 1.82) is 5.26 Å². The molecule has 1 N–H and O–H groups in total. The SMILES string of the molecule is CC(C)(CNCC1(C#N)CCC1)c1ccc(Br)s1. The van der Waals surface area contributed by atoms with E-state index in [1.165, 1.54) is 15.1 Å². The number of nitriles is 1. The quantitative estimate of drug-likeness (QED) is 0.885. The van der Waals surface area contributed by atoms with Gasteiger partial charge in [0.25, 0.3) is 0 Å². The van der Waals surface area contributed by atoms with Gasteiger partial charge in [0.15, 0.2) is 0 Å². The zero-order valence-electron chi connectivity index (χ0n) is 10.9. The Balaban J connectivity index is 1.88. The predicted molar refractivity (Wildman–Crippen MR) is 79.8 cm³/mol. The van der Waals surface area contributed by atoms with Gasteiger partial charge in [-0.2, -0.15) is 5.26 Å². The molecule has 1 aliphatic rings. The summed E-state index contributed by atoms with van der Waals surface area (Å²) in [5.74, 6) is 0. The van der Waals surface area contributed by atoms with Gasteiger partial charge < -0.3 is 5.32 Å². The Bertz CT molecular complexity index is 455. The Morgan fingerprint density at radius 2 is 2.22 bits per heavy atom. The zero-order chi connectivity index (χ0) is 13.2. The van der Waals surface area contributed by atoms with Crippen molar-refractivity contribution in [2.75, 3.05) is 13.1 Å². The van der Waals surface area contributed by atoms with Crippen LogP contribution >= 0.6 is 27.3 Å². The summed E-state index contributed by atoms with van der Waals surface area (Å²) >= 11 is 5.30. The standard InChI is InChI=1S/C14H19BrN2S/c1-13(2,11-4-5-12(15)18-11)9-17-10-14(8-16)6-3-7-14/h4-5,17H,3,6-7,9-10H2,1-2H3. The highest BCUT2D eigenvalue weighted by Crippen LogP contribution is 2.39. The highest BCUT2D eigenvalue weighted by atomic mass is 79.9. The topological polar surface area (TPSA) is 35.8 Å². The summed E-state index contributed by atoms with van der Waals surface area (Å²) in [5, 5.41) is 12.7.